The van der Waals surface area contributed by atoms with Crippen LogP contribution in [0, 0.1) is 6.92 Å². The van der Waals surface area contributed by atoms with Gasteiger partial charge in [-0.25, -0.2) is 4.90 Å². The van der Waals surface area contributed by atoms with Crippen molar-refractivity contribution in [1.82, 2.24) is 0 Å². The summed E-state index contributed by atoms with van der Waals surface area (Å²) in [6.45, 7) is 4.05. The van der Waals surface area contributed by atoms with Gasteiger partial charge in [0, 0.05) is 5.69 Å². The fourth-order valence-electron chi connectivity index (χ4n) is 3.57. The van der Waals surface area contributed by atoms with Crippen LogP contribution in [0.5, 0.6) is 5.75 Å². The Morgan fingerprint density at radius 3 is 2.06 bits per heavy atom. The van der Waals surface area contributed by atoms with Crippen LogP contribution >= 0.6 is 0 Å². The Morgan fingerprint density at radius 1 is 0.839 bits per heavy atom. The van der Waals surface area contributed by atoms with Crippen LogP contribution < -0.4 is 15.0 Å². The highest BCUT2D eigenvalue weighted by molar-refractivity contribution is 6.46. The third-order valence-electron chi connectivity index (χ3n) is 5.39. The third-order valence-corrected chi connectivity index (χ3v) is 5.39. The molecule has 0 saturated carbocycles. The number of amides is 2. The summed E-state index contributed by atoms with van der Waals surface area (Å²) in [5.74, 6) is -0.0490. The molecule has 0 aromatic heterocycles. The first-order valence-corrected chi connectivity index (χ1v) is 10.2. The largest absolute Gasteiger partial charge is 0.497 e. The average molecular weight is 412 g/mol. The molecule has 0 saturated heterocycles. The van der Waals surface area contributed by atoms with Crippen molar-refractivity contribution in [2.45, 2.75) is 20.3 Å². The second-order valence-corrected chi connectivity index (χ2v) is 7.44. The summed E-state index contributed by atoms with van der Waals surface area (Å²) in [5, 5.41) is 3.20. The lowest BCUT2D eigenvalue weighted by Crippen LogP contribution is -2.32. The number of imide groups is 1. The van der Waals surface area contributed by atoms with Gasteiger partial charge >= 0.3 is 0 Å². The van der Waals surface area contributed by atoms with Crippen molar-refractivity contribution in [3.63, 3.8) is 0 Å². The van der Waals surface area contributed by atoms with Gasteiger partial charge in [-0.3, -0.25) is 9.59 Å². The summed E-state index contributed by atoms with van der Waals surface area (Å²) in [6.07, 6.45) is 0.929. The van der Waals surface area contributed by atoms with Crippen molar-refractivity contribution >= 4 is 28.8 Å². The van der Waals surface area contributed by atoms with E-state index in [0.717, 1.165) is 17.7 Å². The number of carbonyl (C=O) groups excluding carboxylic acids is 2. The fourth-order valence-corrected chi connectivity index (χ4v) is 3.57. The average Bonchev–Trinajstić information content (AvgIpc) is 3.04. The highest BCUT2D eigenvalue weighted by atomic mass is 16.5. The number of ether oxygens (including phenoxy) is 1. The highest BCUT2D eigenvalue weighted by Gasteiger charge is 2.40. The van der Waals surface area contributed by atoms with Gasteiger partial charge in [0.1, 0.15) is 11.4 Å². The molecule has 0 bridgehead atoms. The molecule has 1 N–H and O–H groups in total. The predicted molar refractivity (Wildman–Crippen MR) is 123 cm³/mol. The first kappa shape index (κ1) is 20.4. The summed E-state index contributed by atoms with van der Waals surface area (Å²) in [4.78, 5) is 28.1. The van der Waals surface area contributed by atoms with Crippen LogP contribution in [0.1, 0.15) is 23.6 Å². The van der Waals surface area contributed by atoms with E-state index < -0.39 is 0 Å². The van der Waals surface area contributed by atoms with Crippen molar-refractivity contribution in [1.29, 1.82) is 0 Å². The molecule has 156 valence electrons. The second kappa shape index (κ2) is 8.48. The highest BCUT2D eigenvalue weighted by Crippen LogP contribution is 2.34. The summed E-state index contributed by atoms with van der Waals surface area (Å²) in [5.41, 5.74) is 4.81. The number of nitrogens with zero attached hydrogens (tertiary/aromatic N) is 1. The number of aryl methyl sites for hydroxylation is 2. The molecule has 5 nitrogen and oxygen atoms in total. The van der Waals surface area contributed by atoms with Gasteiger partial charge in [0.2, 0.25) is 0 Å². The van der Waals surface area contributed by atoms with Gasteiger partial charge < -0.3 is 10.1 Å². The maximum absolute atomic E-state index is 13.4. The number of hydrogen-bond acceptors (Lipinski definition) is 4. The molecule has 3 aromatic rings. The summed E-state index contributed by atoms with van der Waals surface area (Å²) in [6, 6.07) is 22.4. The Balaban J connectivity index is 1.78. The molecule has 31 heavy (non-hydrogen) atoms. The van der Waals surface area contributed by atoms with E-state index in [4.69, 9.17) is 4.74 Å². The SMILES string of the molecule is CCc1ccc(NC2=C(c3ccc(OC)cc3)C(=O)N(c3ccc(C)cc3)C2=O)cc1. The fraction of sp³-hybridized carbons (Fsp3) is 0.154. The molecule has 1 aliphatic heterocycles. The quantitative estimate of drug-likeness (QED) is 0.581. The smallest absolute Gasteiger partial charge is 0.282 e. The zero-order chi connectivity index (χ0) is 22.0. The van der Waals surface area contributed by atoms with Crippen LogP contribution in [0.15, 0.2) is 78.5 Å². The number of rotatable bonds is 6. The molecule has 0 atom stereocenters. The Kier molecular flexibility index (Phi) is 5.58. The molecule has 4 rings (SSSR count). The number of anilines is 2. The molecule has 2 amide bonds. The molecule has 1 heterocycles. The van der Waals surface area contributed by atoms with Gasteiger partial charge in [-0.15, -0.1) is 0 Å². The van der Waals surface area contributed by atoms with Crippen molar-refractivity contribution in [3.8, 4) is 5.75 Å². The summed E-state index contributed by atoms with van der Waals surface area (Å²) in [7, 11) is 1.59. The van der Waals surface area contributed by atoms with Crippen LogP contribution in [-0.2, 0) is 16.0 Å². The van der Waals surface area contributed by atoms with Crippen molar-refractivity contribution in [2.75, 3.05) is 17.3 Å². The number of benzene rings is 3. The summed E-state index contributed by atoms with van der Waals surface area (Å²) < 4.78 is 5.23. The standard InChI is InChI=1S/C26H24N2O3/c1-4-18-7-11-20(12-8-18)27-24-23(19-9-15-22(31-3)16-10-19)25(29)28(26(24)30)21-13-5-17(2)6-14-21/h5-16,27H,4H2,1-3H3. The minimum absolute atomic E-state index is 0.264. The minimum Gasteiger partial charge on any atom is -0.497 e. The first-order valence-electron chi connectivity index (χ1n) is 10.2. The Bertz CT molecular complexity index is 1140. The van der Waals surface area contributed by atoms with Crippen molar-refractivity contribution in [2.24, 2.45) is 0 Å². The molecular weight excluding hydrogens is 388 g/mol. The molecule has 0 aliphatic carbocycles. The van der Waals surface area contributed by atoms with Crippen LogP contribution in [0.3, 0.4) is 0 Å². The van der Waals surface area contributed by atoms with Gasteiger partial charge in [-0.1, -0.05) is 48.9 Å². The molecule has 0 unspecified atom stereocenters. The van der Waals surface area contributed by atoms with E-state index in [1.807, 2.05) is 43.3 Å². The third kappa shape index (κ3) is 3.94. The predicted octanol–water partition coefficient (Wildman–Crippen LogP) is 4.96. The van der Waals surface area contributed by atoms with Gasteiger partial charge in [-0.2, -0.15) is 0 Å². The number of hydrogen-bond donors (Lipinski definition) is 1. The van der Waals surface area contributed by atoms with E-state index in [0.29, 0.717) is 22.6 Å². The Hall–Kier alpha value is -3.86. The molecule has 0 radical (unpaired) electrons. The zero-order valence-electron chi connectivity index (χ0n) is 17.8. The summed E-state index contributed by atoms with van der Waals surface area (Å²) >= 11 is 0. The van der Waals surface area contributed by atoms with E-state index in [1.54, 1.807) is 43.5 Å². The Morgan fingerprint density at radius 2 is 1.48 bits per heavy atom. The molecule has 1 aliphatic rings. The molecule has 5 heteroatoms. The van der Waals surface area contributed by atoms with Gasteiger partial charge in [0.15, 0.2) is 0 Å². The lowest BCUT2D eigenvalue weighted by molar-refractivity contribution is -0.120. The second-order valence-electron chi connectivity index (χ2n) is 7.44. The topological polar surface area (TPSA) is 58.6 Å². The molecule has 0 fully saturated rings. The molecule has 3 aromatic carbocycles. The van der Waals surface area contributed by atoms with E-state index in [9.17, 15) is 9.59 Å². The normalized spacial score (nSPS) is 13.7. The van der Waals surface area contributed by atoms with E-state index in [2.05, 4.69) is 12.2 Å². The van der Waals surface area contributed by atoms with Crippen molar-refractivity contribution < 1.29 is 14.3 Å². The zero-order valence-corrected chi connectivity index (χ0v) is 17.8. The number of nitrogens with one attached hydrogen (secondary N) is 1. The van der Waals surface area contributed by atoms with Gasteiger partial charge in [0.25, 0.3) is 11.8 Å². The number of carbonyl (C=O) groups is 2. The maximum Gasteiger partial charge on any atom is 0.282 e. The molecular formula is C26H24N2O3. The van der Waals surface area contributed by atoms with Gasteiger partial charge in [-0.05, 0) is 60.9 Å². The Labute approximate surface area is 182 Å². The van der Waals surface area contributed by atoms with Crippen LogP contribution in [0.25, 0.3) is 5.57 Å². The maximum atomic E-state index is 13.4. The van der Waals surface area contributed by atoms with Crippen LogP contribution in [0.4, 0.5) is 11.4 Å². The monoisotopic (exact) mass is 412 g/mol. The van der Waals surface area contributed by atoms with Crippen LogP contribution in [0.2, 0.25) is 0 Å². The van der Waals surface area contributed by atoms with Crippen molar-refractivity contribution in [3.05, 3.63) is 95.2 Å². The first-order chi connectivity index (χ1) is 15.0. The minimum atomic E-state index is -0.376. The number of methoxy groups -OCH3 is 1. The molecule has 0 spiro atoms. The van der Waals surface area contributed by atoms with E-state index >= 15 is 0 Å². The van der Waals surface area contributed by atoms with Gasteiger partial charge in [0.05, 0.1) is 18.4 Å². The van der Waals surface area contributed by atoms with Crippen LogP contribution in [-0.4, -0.2) is 18.9 Å². The lowest BCUT2D eigenvalue weighted by atomic mass is 10.0. The lowest BCUT2D eigenvalue weighted by Gasteiger charge is -2.15. The van der Waals surface area contributed by atoms with E-state index in [1.165, 1.54) is 10.5 Å². The van der Waals surface area contributed by atoms with E-state index in [-0.39, 0.29) is 17.5 Å².